The maximum atomic E-state index is 11.8. The van der Waals surface area contributed by atoms with E-state index in [9.17, 15) is 9.90 Å². The van der Waals surface area contributed by atoms with E-state index in [2.05, 4.69) is 10.5 Å². The first-order valence-corrected chi connectivity index (χ1v) is 9.84. The average Bonchev–Trinajstić information content (AvgIpc) is 2.54. The molecule has 5 nitrogen and oxygen atoms in total. The number of phenolic OH excluding ortho intramolecular Hbond substituents is 1. The molecule has 2 aromatic carbocycles. The second-order valence-electron chi connectivity index (χ2n) is 4.61. The molecule has 0 spiro atoms. The van der Waals surface area contributed by atoms with E-state index in [1.165, 1.54) is 18.3 Å². The van der Waals surface area contributed by atoms with Gasteiger partial charge in [0.1, 0.15) is 11.5 Å². The van der Waals surface area contributed by atoms with Crippen LogP contribution in [0.3, 0.4) is 0 Å². The Morgan fingerprint density at radius 2 is 1.72 bits per heavy atom. The number of hydrogen-bond donors (Lipinski definition) is 2. The zero-order valence-corrected chi connectivity index (χ0v) is 18.8. The van der Waals surface area contributed by atoms with E-state index in [0.29, 0.717) is 12.2 Å². The van der Waals surface area contributed by atoms with Gasteiger partial charge in [0.05, 0.1) is 28.4 Å². The van der Waals surface area contributed by atoms with E-state index >= 15 is 0 Å². The van der Waals surface area contributed by atoms with Crippen LogP contribution in [-0.4, -0.2) is 23.8 Å². The molecule has 132 valence electrons. The Morgan fingerprint density at radius 1 is 1.12 bits per heavy atom. The highest BCUT2D eigenvalue weighted by molar-refractivity contribution is 14.1. The normalized spacial score (nSPS) is 10.9. The third-order valence-electron chi connectivity index (χ3n) is 2.78. The monoisotopic (exact) mass is 624 g/mol. The number of rotatable bonds is 5. The van der Waals surface area contributed by atoms with Crippen LogP contribution in [0.2, 0.25) is 15.1 Å². The van der Waals surface area contributed by atoms with Crippen LogP contribution < -0.4 is 10.2 Å². The van der Waals surface area contributed by atoms with Crippen LogP contribution in [0.25, 0.3) is 0 Å². The minimum Gasteiger partial charge on any atom is -0.506 e. The number of amides is 1. The molecule has 25 heavy (non-hydrogen) atoms. The summed E-state index contributed by atoms with van der Waals surface area (Å²) in [4.78, 5) is 11.8. The number of carbonyl (C=O) groups excluding carboxylic acids is 1. The molecular weight excluding hydrogens is 616 g/mol. The van der Waals surface area contributed by atoms with Crippen LogP contribution in [-0.2, 0) is 4.79 Å². The Balaban J connectivity index is 1.92. The van der Waals surface area contributed by atoms with Crippen LogP contribution in [0, 0.1) is 7.14 Å². The van der Waals surface area contributed by atoms with Gasteiger partial charge in [-0.15, -0.1) is 0 Å². The quantitative estimate of drug-likeness (QED) is 0.211. The van der Waals surface area contributed by atoms with Gasteiger partial charge in [-0.25, -0.2) is 5.43 Å². The van der Waals surface area contributed by atoms with Gasteiger partial charge in [-0.1, -0.05) is 34.8 Å². The van der Waals surface area contributed by atoms with Crippen LogP contribution in [0.5, 0.6) is 11.5 Å². The number of aromatic hydroxyl groups is 1. The Labute approximate surface area is 186 Å². The summed E-state index contributed by atoms with van der Waals surface area (Å²) < 4.78 is 6.67. The molecule has 2 rings (SSSR count). The summed E-state index contributed by atoms with van der Waals surface area (Å²) in [5, 5.41) is 14.4. The molecule has 0 atom stereocenters. The van der Waals surface area contributed by atoms with Crippen molar-refractivity contribution in [2.45, 2.75) is 0 Å². The smallest absolute Gasteiger partial charge is 0.277 e. The molecule has 0 radical (unpaired) electrons. The fourth-order valence-electron chi connectivity index (χ4n) is 1.63. The summed E-state index contributed by atoms with van der Waals surface area (Å²) in [6.07, 6.45) is 1.47. The molecule has 2 aromatic rings. The second-order valence-corrected chi connectivity index (χ2v) is 8.16. The molecule has 0 aliphatic carbocycles. The van der Waals surface area contributed by atoms with Crippen molar-refractivity contribution in [2.24, 2.45) is 5.10 Å². The Hall–Kier alpha value is -0.490. The number of halogens is 5. The predicted octanol–water partition coefficient (Wildman–Crippen LogP) is 5.09. The van der Waals surface area contributed by atoms with Crippen LogP contribution in [0.4, 0.5) is 0 Å². The van der Waals surface area contributed by atoms with Crippen molar-refractivity contribution < 1.29 is 14.6 Å². The van der Waals surface area contributed by atoms with Crippen molar-refractivity contribution >= 4 is 92.1 Å². The van der Waals surface area contributed by atoms with Crippen molar-refractivity contribution in [1.82, 2.24) is 5.43 Å². The van der Waals surface area contributed by atoms with Crippen molar-refractivity contribution in [3.63, 3.8) is 0 Å². The number of carbonyl (C=O) groups is 1. The third kappa shape index (κ3) is 6.02. The number of hydrogen-bond acceptors (Lipinski definition) is 4. The van der Waals surface area contributed by atoms with Crippen LogP contribution in [0.15, 0.2) is 29.4 Å². The lowest BCUT2D eigenvalue weighted by Crippen LogP contribution is -2.24. The van der Waals surface area contributed by atoms with E-state index in [4.69, 9.17) is 39.5 Å². The van der Waals surface area contributed by atoms with Crippen molar-refractivity contribution in [2.75, 3.05) is 6.61 Å². The molecule has 1 amide bonds. The molecule has 0 heterocycles. The molecule has 10 heteroatoms. The zero-order chi connectivity index (χ0) is 18.6. The van der Waals surface area contributed by atoms with Gasteiger partial charge in [-0.3, -0.25) is 4.79 Å². The minimum absolute atomic E-state index is 0.217. The standard InChI is InChI=1S/C15H9Cl3I2N2O3/c16-8-3-10(18)13(4-9(8)17)25-6-14(23)22-21-5-7-1-11(19)15(24)12(20)2-7/h1-5,24H,6H2,(H,22,23). The summed E-state index contributed by atoms with van der Waals surface area (Å²) in [6.45, 7) is -0.292. The van der Waals surface area contributed by atoms with Gasteiger partial charge in [0, 0.05) is 6.07 Å². The molecule has 0 fully saturated rings. The van der Waals surface area contributed by atoms with Gasteiger partial charge in [0.25, 0.3) is 5.91 Å². The molecule has 2 N–H and O–H groups in total. The molecule has 0 aliphatic heterocycles. The summed E-state index contributed by atoms with van der Waals surface area (Å²) >= 11 is 21.7. The Bertz CT molecular complexity index is 824. The lowest BCUT2D eigenvalue weighted by Gasteiger charge is -2.08. The fourth-order valence-corrected chi connectivity index (χ4v) is 4.04. The number of ether oxygens (including phenoxy) is 1. The van der Waals surface area contributed by atoms with E-state index in [1.807, 2.05) is 45.2 Å². The Kier molecular flexibility index (Phi) is 7.87. The highest BCUT2D eigenvalue weighted by Gasteiger charge is 2.09. The van der Waals surface area contributed by atoms with E-state index in [0.717, 1.165) is 5.56 Å². The largest absolute Gasteiger partial charge is 0.506 e. The Morgan fingerprint density at radius 3 is 2.36 bits per heavy atom. The zero-order valence-electron chi connectivity index (χ0n) is 12.2. The molecule has 0 unspecified atom stereocenters. The van der Waals surface area contributed by atoms with Gasteiger partial charge in [0.15, 0.2) is 6.61 Å². The van der Waals surface area contributed by atoms with Gasteiger partial charge in [-0.05, 0) is 68.9 Å². The summed E-state index contributed by atoms with van der Waals surface area (Å²) in [5.41, 5.74) is 3.07. The molecule has 0 aliphatic rings. The molecule has 0 saturated heterocycles. The average molecular weight is 625 g/mol. The maximum absolute atomic E-state index is 11.8. The molecule has 0 bridgehead atoms. The number of benzene rings is 2. The number of nitrogens with zero attached hydrogens (tertiary/aromatic N) is 1. The van der Waals surface area contributed by atoms with Crippen molar-refractivity contribution in [3.05, 3.63) is 52.0 Å². The van der Waals surface area contributed by atoms with Crippen molar-refractivity contribution in [1.29, 1.82) is 0 Å². The molecular formula is C15H9Cl3I2N2O3. The first-order valence-electron chi connectivity index (χ1n) is 6.55. The van der Waals surface area contributed by atoms with Gasteiger partial charge in [0.2, 0.25) is 0 Å². The lowest BCUT2D eigenvalue weighted by atomic mass is 10.2. The number of phenols is 1. The highest BCUT2D eigenvalue weighted by Crippen LogP contribution is 2.33. The SMILES string of the molecule is O=C(COc1cc(Cl)c(Cl)cc1Cl)NN=Cc1cc(I)c(O)c(I)c1. The van der Waals surface area contributed by atoms with Crippen LogP contribution in [0.1, 0.15) is 5.56 Å². The van der Waals surface area contributed by atoms with Gasteiger partial charge < -0.3 is 9.84 Å². The number of nitrogens with one attached hydrogen (secondary N) is 1. The van der Waals surface area contributed by atoms with E-state index < -0.39 is 5.91 Å². The first-order chi connectivity index (χ1) is 11.8. The molecule has 0 aromatic heterocycles. The van der Waals surface area contributed by atoms with E-state index in [-0.39, 0.29) is 28.2 Å². The summed E-state index contributed by atoms with van der Waals surface area (Å²) in [6, 6.07) is 6.34. The fraction of sp³-hybridized carbons (Fsp3) is 0.0667. The van der Waals surface area contributed by atoms with E-state index in [1.54, 1.807) is 12.1 Å². The maximum Gasteiger partial charge on any atom is 0.277 e. The predicted molar refractivity (Wildman–Crippen MR) is 116 cm³/mol. The topological polar surface area (TPSA) is 70.9 Å². The highest BCUT2D eigenvalue weighted by atomic mass is 127. The lowest BCUT2D eigenvalue weighted by molar-refractivity contribution is -0.123. The third-order valence-corrected chi connectivity index (χ3v) is 5.44. The number of hydrazone groups is 1. The summed E-state index contributed by atoms with van der Waals surface area (Å²) in [5.74, 6) is -0.00584. The first kappa shape index (κ1) is 20.8. The van der Waals surface area contributed by atoms with Crippen molar-refractivity contribution in [3.8, 4) is 11.5 Å². The van der Waals surface area contributed by atoms with Gasteiger partial charge >= 0.3 is 0 Å². The van der Waals surface area contributed by atoms with Crippen LogP contribution >= 0.6 is 80.0 Å². The molecule has 0 saturated carbocycles. The minimum atomic E-state index is -0.471. The van der Waals surface area contributed by atoms with Gasteiger partial charge in [-0.2, -0.15) is 5.10 Å². The summed E-state index contributed by atoms with van der Waals surface area (Å²) in [7, 11) is 0. The second kappa shape index (κ2) is 9.45.